The van der Waals surface area contributed by atoms with E-state index in [0.29, 0.717) is 11.1 Å². The van der Waals surface area contributed by atoms with Gasteiger partial charge in [0.15, 0.2) is 0 Å². The van der Waals surface area contributed by atoms with Gasteiger partial charge >= 0.3 is 0 Å². The zero-order valence-corrected chi connectivity index (χ0v) is 10.8. The molecule has 0 bridgehead atoms. The molecule has 4 nitrogen and oxygen atoms in total. The third-order valence-electron chi connectivity index (χ3n) is 2.22. The molecule has 0 atom stereocenters. The number of hydrogen-bond acceptors (Lipinski definition) is 5. The Bertz CT molecular complexity index is 467. The second-order valence-electron chi connectivity index (χ2n) is 3.73. The van der Waals surface area contributed by atoms with Crippen LogP contribution < -0.4 is 5.32 Å². The molecule has 1 N–H and O–H groups in total. The Balaban J connectivity index is 1.71. The predicted molar refractivity (Wildman–Crippen MR) is 69.4 cm³/mol. The molecule has 0 unspecified atom stereocenters. The summed E-state index contributed by atoms with van der Waals surface area (Å²) in [7, 11) is 0. The molecule has 0 amide bonds. The van der Waals surface area contributed by atoms with Crippen LogP contribution in [0, 0.1) is 13.8 Å². The van der Waals surface area contributed by atoms with Crippen LogP contribution in [-0.2, 0) is 0 Å². The molecule has 2 rings (SSSR count). The minimum absolute atomic E-state index is 0.610. The van der Waals surface area contributed by atoms with E-state index in [1.807, 2.05) is 0 Å². The van der Waals surface area contributed by atoms with E-state index < -0.39 is 0 Å². The van der Waals surface area contributed by atoms with Gasteiger partial charge in [-0.25, -0.2) is 0 Å². The van der Waals surface area contributed by atoms with E-state index in [0.717, 1.165) is 18.0 Å². The lowest BCUT2D eigenvalue weighted by atomic mass is 10.2. The summed E-state index contributed by atoms with van der Waals surface area (Å²) < 4.78 is 5.26. The number of rotatable bonds is 5. The standard InChI is InChI=1S/C12H15N3OS/c1-9-3-5-11(6-4-9)13-7-8-17-12-15-14-10(2)16-12/h3-6,13H,7-8H2,1-2H3. The molecule has 1 heterocycles. The number of benzene rings is 1. The first-order chi connectivity index (χ1) is 8.24. The predicted octanol–water partition coefficient (Wildman–Crippen LogP) is 2.89. The normalized spacial score (nSPS) is 10.5. The van der Waals surface area contributed by atoms with Gasteiger partial charge in [0, 0.05) is 24.9 Å². The fourth-order valence-corrected chi connectivity index (χ4v) is 2.00. The maximum Gasteiger partial charge on any atom is 0.276 e. The molecule has 0 fully saturated rings. The lowest BCUT2D eigenvalue weighted by Gasteiger charge is -2.04. The molecule has 0 radical (unpaired) electrons. The van der Waals surface area contributed by atoms with E-state index in [9.17, 15) is 0 Å². The molecule has 1 aromatic heterocycles. The van der Waals surface area contributed by atoms with Crippen molar-refractivity contribution in [3.8, 4) is 0 Å². The van der Waals surface area contributed by atoms with Crippen LogP contribution in [0.25, 0.3) is 0 Å². The van der Waals surface area contributed by atoms with E-state index in [1.54, 1.807) is 18.7 Å². The van der Waals surface area contributed by atoms with Gasteiger partial charge in [-0.2, -0.15) is 0 Å². The van der Waals surface area contributed by atoms with E-state index >= 15 is 0 Å². The Morgan fingerprint density at radius 3 is 2.59 bits per heavy atom. The maximum atomic E-state index is 5.26. The van der Waals surface area contributed by atoms with E-state index in [1.165, 1.54) is 5.56 Å². The molecule has 1 aromatic carbocycles. The zero-order chi connectivity index (χ0) is 12.1. The molecular formula is C12H15N3OS. The molecule has 0 saturated heterocycles. The number of nitrogens with one attached hydrogen (secondary N) is 1. The van der Waals surface area contributed by atoms with Crippen molar-refractivity contribution in [1.29, 1.82) is 0 Å². The Hall–Kier alpha value is -1.49. The van der Waals surface area contributed by atoms with Gasteiger partial charge in [0.1, 0.15) is 0 Å². The first-order valence-corrected chi connectivity index (χ1v) is 6.46. The third kappa shape index (κ3) is 3.78. The van der Waals surface area contributed by atoms with Crippen LogP contribution in [-0.4, -0.2) is 22.5 Å². The minimum atomic E-state index is 0.610. The number of aromatic nitrogens is 2. The molecule has 0 spiro atoms. The van der Waals surface area contributed by atoms with Gasteiger partial charge in [0.05, 0.1) is 0 Å². The van der Waals surface area contributed by atoms with Crippen LogP contribution in [0.1, 0.15) is 11.5 Å². The molecule has 5 heteroatoms. The number of anilines is 1. The number of hydrogen-bond donors (Lipinski definition) is 1. The summed E-state index contributed by atoms with van der Waals surface area (Å²) in [6.45, 7) is 4.74. The van der Waals surface area contributed by atoms with Gasteiger partial charge in [0.25, 0.3) is 5.22 Å². The Labute approximate surface area is 105 Å². The van der Waals surface area contributed by atoms with Crippen LogP contribution in [0.2, 0.25) is 0 Å². The van der Waals surface area contributed by atoms with Gasteiger partial charge in [0.2, 0.25) is 5.89 Å². The second-order valence-corrected chi connectivity index (χ2v) is 4.77. The fourth-order valence-electron chi connectivity index (χ4n) is 1.34. The molecule has 0 saturated carbocycles. The second kappa shape index (κ2) is 5.72. The Morgan fingerprint density at radius 2 is 1.94 bits per heavy atom. The third-order valence-corrected chi connectivity index (χ3v) is 3.04. The molecule has 0 aliphatic carbocycles. The lowest BCUT2D eigenvalue weighted by Crippen LogP contribution is -2.03. The summed E-state index contributed by atoms with van der Waals surface area (Å²) in [4.78, 5) is 0. The molecule has 90 valence electrons. The average molecular weight is 249 g/mol. The van der Waals surface area contributed by atoms with Gasteiger partial charge in [-0.1, -0.05) is 29.5 Å². The average Bonchev–Trinajstić information content (AvgIpc) is 2.73. The lowest BCUT2D eigenvalue weighted by molar-refractivity contribution is 0.429. The SMILES string of the molecule is Cc1ccc(NCCSc2nnc(C)o2)cc1. The first kappa shape index (κ1) is 12.0. The van der Waals surface area contributed by atoms with Gasteiger partial charge < -0.3 is 9.73 Å². The van der Waals surface area contributed by atoms with Crippen LogP contribution >= 0.6 is 11.8 Å². The molecule has 0 aliphatic heterocycles. The van der Waals surface area contributed by atoms with E-state index in [4.69, 9.17) is 4.42 Å². The van der Waals surface area contributed by atoms with Crippen molar-refractivity contribution in [1.82, 2.24) is 10.2 Å². The fraction of sp³-hybridized carbons (Fsp3) is 0.333. The van der Waals surface area contributed by atoms with Gasteiger partial charge in [-0.3, -0.25) is 0 Å². The van der Waals surface area contributed by atoms with Crippen molar-refractivity contribution in [3.05, 3.63) is 35.7 Å². The Kier molecular flexibility index (Phi) is 4.03. The van der Waals surface area contributed by atoms with Gasteiger partial charge in [-0.05, 0) is 19.1 Å². The van der Waals surface area contributed by atoms with E-state index in [2.05, 4.69) is 46.7 Å². The summed E-state index contributed by atoms with van der Waals surface area (Å²) in [5, 5.41) is 11.7. The highest BCUT2D eigenvalue weighted by Crippen LogP contribution is 2.15. The number of thioether (sulfide) groups is 1. The number of aryl methyl sites for hydroxylation is 2. The van der Waals surface area contributed by atoms with Crippen molar-refractivity contribution in [3.63, 3.8) is 0 Å². The molecule has 17 heavy (non-hydrogen) atoms. The number of nitrogens with zero attached hydrogens (tertiary/aromatic N) is 2. The summed E-state index contributed by atoms with van der Waals surface area (Å²) in [6, 6.07) is 8.35. The van der Waals surface area contributed by atoms with Crippen LogP contribution in [0.3, 0.4) is 0 Å². The maximum absolute atomic E-state index is 5.26. The summed E-state index contributed by atoms with van der Waals surface area (Å²) in [6.07, 6.45) is 0. The van der Waals surface area contributed by atoms with Crippen molar-refractivity contribution in [2.75, 3.05) is 17.6 Å². The Morgan fingerprint density at radius 1 is 1.18 bits per heavy atom. The quantitative estimate of drug-likeness (QED) is 0.652. The topological polar surface area (TPSA) is 51.0 Å². The van der Waals surface area contributed by atoms with Crippen LogP contribution in [0.5, 0.6) is 0 Å². The van der Waals surface area contributed by atoms with Crippen molar-refractivity contribution >= 4 is 17.4 Å². The summed E-state index contributed by atoms with van der Waals surface area (Å²) in [5.74, 6) is 1.51. The monoisotopic (exact) mass is 249 g/mol. The first-order valence-electron chi connectivity index (χ1n) is 5.47. The highest BCUT2D eigenvalue weighted by Gasteiger charge is 2.01. The van der Waals surface area contributed by atoms with Crippen molar-refractivity contribution in [2.24, 2.45) is 0 Å². The molecule has 0 aliphatic rings. The highest BCUT2D eigenvalue weighted by atomic mass is 32.2. The minimum Gasteiger partial charge on any atom is -0.416 e. The largest absolute Gasteiger partial charge is 0.416 e. The van der Waals surface area contributed by atoms with Crippen molar-refractivity contribution < 1.29 is 4.42 Å². The smallest absolute Gasteiger partial charge is 0.276 e. The van der Waals surface area contributed by atoms with Crippen molar-refractivity contribution in [2.45, 2.75) is 19.1 Å². The van der Waals surface area contributed by atoms with Gasteiger partial charge in [-0.15, -0.1) is 10.2 Å². The zero-order valence-electron chi connectivity index (χ0n) is 9.93. The van der Waals surface area contributed by atoms with E-state index in [-0.39, 0.29) is 0 Å². The summed E-state index contributed by atoms with van der Waals surface area (Å²) in [5.41, 5.74) is 2.41. The molecular weight excluding hydrogens is 234 g/mol. The molecule has 2 aromatic rings. The summed E-state index contributed by atoms with van der Waals surface area (Å²) >= 11 is 1.56. The van der Waals surface area contributed by atoms with Crippen LogP contribution in [0.15, 0.2) is 33.9 Å². The van der Waals surface area contributed by atoms with Crippen LogP contribution in [0.4, 0.5) is 5.69 Å². The highest BCUT2D eigenvalue weighted by molar-refractivity contribution is 7.99.